The summed E-state index contributed by atoms with van der Waals surface area (Å²) in [5.74, 6) is 0.598. The van der Waals surface area contributed by atoms with Crippen molar-refractivity contribution in [3.05, 3.63) is 0 Å². The first-order chi connectivity index (χ1) is 5.49. The molecule has 4 nitrogen and oxygen atoms in total. The van der Waals surface area contributed by atoms with Crippen molar-refractivity contribution in [2.45, 2.75) is 19.9 Å². The van der Waals surface area contributed by atoms with Gasteiger partial charge in [0.15, 0.2) is 0 Å². The third-order valence-corrected chi connectivity index (χ3v) is 1.39. The number of carbonyl (C=O) groups excluding carboxylic acids is 2. The Morgan fingerprint density at radius 1 is 1.50 bits per heavy atom. The second-order valence-electron chi connectivity index (χ2n) is 2.74. The molecule has 4 heteroatoms. The summed E-state index contributed by atoms with van der Waals surface area (Å²) in [6.07, 6.45) is 4.81. The molecule has 12 heavy (non-hydrogen) atoms. The van der Waals surface area contributed by atoms with Crippen molar-refractivity contribution >= 4 is 11.8 Å². The molecule has 0 bridgehead atoms. The Bertz CT molecular complexity index is 228. The lowest BCUT2D eigenvalue weighted by Crippen LogP contribution is -2.47. The second-order valence-corrected chi connectivity index (χ2v) is 2.74. The molecule has 0 rings (SSSR count). The van der Waals surface area contributed by atoms with Gasteiger partial charge in [-0.25, -0.2) is 0 Å². The van der Waals surface area contributed by atoms with E-state index in [0.717, 1.165) is 0 Å². The normalized spacial score (nSPS) is 11.8. The Labute approximate surface area is 71.5 Å². The van der Waals surface area contributed by atoms with Gasteiger partial charge in [0.05, 0.1) is 0 Å². The van der Waals surface area contributed by atoms with Gasteiger partial charge < -0.3 is 11.1 Å². The van der Waals surface area contributed by atoms with Crippen LogP contribution in [0.3, 0.4) is 0 Å². The van der Waals surface area contributed by atoms with Gasteiger partial charge in [0, 0.05) is 0 Å². The Hall–Kier alpha value is -1.50. The molecule has 0 aromatic heterocycles. The Morgan fingerprint density at radius 3 is 2.25 bits per heavy atom. The van der Waals surface area contributed by atoms with Gasteiger partial charge in [0.1, 0.15) is 6.04 Å². The highest BCUT2D eigenvalue weighted by Gasteiger charge is 2.20. The van der Waals surface area contributed by atoms with Crippen LogP contribution in [-0.4, -0.2) is 17.9 Å². The van der Waals surface area contributed by atoms with Gasteiger partial charge in [-0.2, -0.15) is 0 Å². The van der Waals surface area contributed by atoms with Crippen LogP contribution in [0.15, 0.2) is 0 Å². The van der Waals surface area contributed by atoms with Crippen molar-refractivity contribution in [2.24, 2.45) is 11.7 Å². The number of rotatable bonds is 3. The molecule has 0 spiro atoms. The maximum absolute atomic E-state index is 10.7. The average Bonchev–Trinajstić information content (AvgIpc) is 1.98. The molecule has 0 radical (unpaired) electrons. The van der Waals surface area contributed by atoms with Gasteiger partial charge in [-0.15, -0.1) is 6.42 Å². The maximum Gasteiger partial charge on any atom is 0.296 e. The number of hydrogen-bond donors (Lipinski definition) is 2. The Balaban J connectivity index is 4.26. The lowest BCUT2D eigenvalue weighted by atomic mass is 10.0. The Kier molecular flexibility index (Phi) is 3.84. The molecular weight excluding hydrogens is 156 g/mol. The number of terminal acetylenes is 1. The highest BCUT2D eigenvalue weighted by molar-refractivity contribution is 5.96. The van der Waals surface area contributed by atoms with Crippen LogP contribution in [0.1, 0.15) is 13.8 Å². The third-order valence-electron chi connectivity index (χ3n) is 1.39. The average molecular weight is 168 g/mol. The van der Waals surface area contributed by atoms with Gasteiger partial charge in [0.2, 0.25) is 5.91 Å². The molecule has 66 valence electrons. The van der Waals surface area contributed by atoms with E-state index < -0.39 is 17.9 Å². The van der Waals surface area contributed by atoms with Crippen LogP contribution in [0.5, 0.6) is 0 Å². The molecule has 0 aromatic carbocycles. The zero-order valence-electron chi connectivity index (χ0n) is 7.13. The minimum Gasteiger partial charge on any atom is -0.368 e. The summed E-state index contributed by atoms with van der Waals surface area (Å²) >= 11 is 0. The monoisotopic (exact) mass is 168 g/mol. The fourth-order valence-corrected chi connectivity index (χ4v) is 0.749. The minimum absolute atomic E-state index is 0.0557. The van der Waals surface area contributed by atoms with Crippen molar-refractivity contribution in [2.75, 3.05) is 0 Å². The van der Waals surface area contributed by atoms with Crippen LogP contribution in [0.2, 0.25) is 0 Å². The lowest BCUT2D eigenvalue weighted by molar-refractivity contribution is -0.125. The molecule has 0 aromatic rings. The standard InChI is InChI=1S/C8H12N2O2/c1-4-6(11)10-7(5(2)3)8(9)12/h1,5,7H,2-3H3,(H2,9,12)(H,10,11)/t7-/m1/s1. The summed E-state index contributed by atoms with van der Waals surface area (Å²) in [6.45, 7) is 3.54. The van der Waals surface area contributed by atoms with Crippen molar-refractivity contribution in [1.82, 2.24) is 5.32 Å². The first-order valence-electron chi connectivity index (χ1n) is 3.55. The maximum atomic E-state index is 10.7. The number of amides is 2. The predicted molar refractivity (Wildman–Crippen MR) is 44.8 cm³/mol. The van der Waals surface area contributed by atoms with E-state index in [1.807, 2.05) is 5.92 Å². The molecule has 0 saturated carbocycles. The number of carbonyl (C=O) groups is 2. The molecule has 0 aliphatic heterocycles. The van der Waals surface area contributed by atoms with Gasteiger partial charge in [-0.1, -0.05) is 13.8 Å². The topological polar surface area (TPSA) is 72.2 Å². The van der Waals surface area contributed by atoms with E-state index in [9.17, 15) is 9.59 Å². The van der Waals surface area contributed by atoms with Crippen molar-refractivity contribution < 1.29 is 9.59 Å². The molecular formula is C8H12N2O2. The van der Waals surface area contributed by atoms with E-state index >= 15 is 0 Å². The zero-order valence-corrected chi connectivity index (χ0v) is 7.13. The van der Waals surface area contributed by atoms with Gasteiger partial charge in [-0.05, 0) is 11.8 Å². The SMILES string of the molecule is C#CC(=O)N[C@@H](C(N)=O)C(C)C. The summed E-state index contributed by atoms with van der Waals surface area (Å²) in [7, 11) is 0. The molecule has 0 heterocycles. The fraction of sp³-hybridized carbons (Fsp3) is 0.500. The number of nitrogens with one attached hydrogen (secondary N) is 1. The minimum atomic E-state index is -0.687. The molecule has 3 N–H and O–H groups in total. The second kappa shape index (κ2) is 4.39. The number of nitrogens with two attached hydrogens (primary N) is 1. The molecule has 0 aliphatic rings. The molecule has 0 aliphatic carbocycles. The summed E-state index contributed by atoms with van der Waals surface area (Å²) in [4.78, 5) is 21.4. The van der Waals surface area contributed by atoms with Crippen molar-refractivity contribution in [3.63, 3.8) is 0 Å². The fourth-order valence-electron chi connectivity index (χ4n) is 0.749. The van der Waals surface area contributed by atoms with Gasteiger partial charge in [0.25, 0.3) is 5.91 Å². The van der Waals surface area contributed by atoms with Crippen LogP contribution >= 0.6 is 0 Å². The predicted octanol–water partition coefficient (Wildman–Crippen LogP) is -0.754. The molecule has 0 fully saturated rings. The van der Waals surface area contributed by atoms with E-state index in [4.69, 9.17) is 12.2 Å². The summed E-state index contributed by atoms with van der Waals surface area (Å²) in [5.41, 5.74) is 5.02. The smallest absolute Gasteiger partial charge is 0.296 e. The highest BCUT2D eigenvalue weighted by Crippen LogP contribution is 1.99. The number of primary amides is 1. The third kappa shape index (κ3) is 3.06. The van der Waals surface area contributed by atoms with E-state index in [2.05, 4.69) is 5.32 Å². The van der Waals surface area contributed by atoms with Crippen LogP contribution < -0.4 is 11.1 Å². The van der Waals surface area contributed by atoms with Crippen LogP contribution in [0.4, 0.5) is 0 Å². The quantitative estimate of drug-likeness (QED) is 0.544. The summed E-state index contributed by atoms with van der Waals surface area (Å²) in [6, 6.07) is -0.687. The number of hydrogen-bond acceptors (Lipinski definition) is 2. The van der Waals surface area contributed by atoms with Crippen LogP contribution in [0.25, 0.3) is 0 Å². The summed E-state index contributed by atoms with van der Waals surface area (Å²) in [5, 5.41) is 2.32. The van der Waals surface area contributed by atoms with Crippen molar-refractivity contribution in [3.8, 4) is 12.3 Å². The van der Waals surface area contributed by atoms with E-state index in [0.29, 0.717) is 0 Å². The Morgan fingerprint density at radius 2 is 2.00 bits per heavy atom. The van der Waals surface area contributed by atoms with Crippen molar-refractivity contribution in [1.29, 1.82) is 0 Å². The molecule has 2 amide bonds. The lowest BCUT2D eigenvalue weighted by Gasteiger charge is -2.16. The summed E-state index contributed by atoms with van der Waals surface area (Å²) < 4.78 is 0. The van der Waals surface area contributed by atoms with Gasteiger partial charge in [-0.3, -0.25) is 9.59 Å². The zero-order chi connectivity index (χ0) is 9.72. The first kappa shape index (κ1) is 10.5. The molecule has 1 atom stereocenters. The molecule has 0 unspecified atom stereocenters. The largest absolute Gasteiger partial charge is 0.368 e. The first-order valence-corrected chi connectivity index (χ1v) is 3.55. The van der Waals surface area contributed by atoms with Crippen LogP contribution in [-0.2, 0) is 9.59 Å². The van der Waals surface area contributed by atoms with Crippen LogP contribution in [0, 0.1) is 18.3 Å². The molecule has 0 saturated heterocycles. The van der Waals surface area contributed by atoms with Gasteiger partial charge >= 0.3 is 0 Å². The van der Waals surface area contributed by atoms with E-state index in [1.165, 1.54) is 0 Å². The highest BCUT2D eigenvalue weighted by atomic mass is 16.2. The van der Waals surface area contributed by atoms with E-state index in [1.54, 1.807) is 13.8 Å². The van der Waals surface area contributed by atoms with E-state index in [-0.39, 0.29) is 5.92 Å².